The molecular formula is C23H29NO4. The van der Waals surface area contributed by atoms with E-state index in [1.54, 1.807) is 7.11 Å². The molecule has 1 amide bonds. The van der Waals surface area contributed by atoms with E-state index in [1.165, 1.54) is 0 Å². The number of hydrogen-bond acceptors (Lipinski definition) is 4. The highest BCUT2D eigenvalue weighted by Crippen LogP contribution is 2.50. The van der Waals surface area contributed by atoms with Crippen LogP contribution < -0.4 is 4.74 Å². The van der Waals surface area contributed by atoms with E-state index in [0.717, 1.165) is 29.2 Å². The largest absolute Gasteiger partial charge is 0.496 e. The van der Waals surface area contributed by atoms with E-state index in [4.69, 9.17) is 9.47 Å². The van der Waals surface area contributed by atoms with Gasteiger partial charge in [-0.2, -0.15) is 0 Å². The summed E-state index contributed by atoms with van der Waals surface area (Å²) >= 11 is 0. The number of rotatable bonds is 2. The molecule has 2 aromatic carbocycles. The molecule has 2 fully saturated rings. The first kappa shape index (κ1) is 19.1. The van der Waals surface area contributed by atoms with E-state index in [1.807, 2.05) is 62.1 Å². The smallest absolute Gasteiger partial charge is 0.410 e. The van der Waals surface area contributed by atoms with Gasteiger partial charge in [0.2, 0.25) is 0 Å². The first-order valence-corrected chi connectivity index (χ1v) is 10.0. The fraction of sp³-hybridized carbons (Fsp3) is 0.522. The third-order valence-electron chi connectivity index (χ3n) is 5.95. The first-order valence-electron chi connectivity index (χ1n) is 10.0. The average molecular weight is 383 g/mol. The Kier molecular flexibility index (Phi) is 4.53. The fourth-order valence-corrected chi connectivity index (χ4v) is 4.94. The SMILES string of the molecule is COc1ccc2ccccc2c1C1(O)CC2CCC(C1)N2C(=O)OC(C)(C)C. The van der Waals surface area contributed by atoms with E-state index in [2.05, 4.69) is 0 Å². The number of methoxy groups -OCH3 is 1. The molecule has 2 atom stereocenters. The van der Waals surface area contributed by atoms with E-state index in [9.17, 15) is 9.90 Å². The highest BCUT2D eigenvalue weighted by molar-refractivity contribution is 5.88. The molecule has 2 unspecified atom stereocenters. The number of fused-ring (bicyclic) bond motifs is 3. The molecule has 0 saturated carbocycles. The van der Waals surface area contributed by atoms with Gasteiger partial charge in [0.1, 0.15) is 11.4 Å². The first-order chi connectivity index (χ1) is 13.2. The maximum atomic E-state index is 12.8. The lowest BCUT2D eigenvalue weighted by Gasteiger charge is -2.44. The van der Waals surface area contributed by atoms with Crippen LogP contribution in [0, 0.1) is 0 Å². The van der Waals surface area contributed by atoms with Crippen molar-refractivity contribution in [2.75, 3.05) is 7.11 Å². The maximum absolute atomic E-state index is 12.8. The maximum Gasteiger partial charge on any atom is 0.410 e. The van der Waals surface area contributed by atoms with Crippen LogP contribution in [0.4, 0.5) is 4.79 Å². The highest BCUT2D eigenvalue weighted by atomic mass is 16.6. The van der Waals surface area contributed by atoms with Crippen molar-refractivity contribution in [3.05, 3.63) is 42.0 Å². The van der Waals surface area contributed by atoms with E-state index >= 15 is 0 Å². The van der Waals surface area contributed by atoms with Crippen LogP contribution in [0.3, 0.4) is 0 Å². The van der Waals surface area contributed by atoms with Gasteiger partial charge in [-0.1, -0.05) is 30.3 Å². The van der Waals surface area contributed by atoms with Crippen molar-refractivity contribution >= 4 is 16.9 Å². The van der Waals surface area contributed by atoms with Gasteiger partial charge in [-0.05, 0) is 50.5 Å². The molecule has 0 aromatic heterocycles. The zero-order chi connectivity index (χ0) is 20.1. The van der Waals surface area contributed by atoms with E-state index < -0.39 is 11.2 Å². The topological polar surface area (TPSA) is 59.0 Å². The van der Waals surface area contributed by atoms with E-state index in [-0.39, 0.29) is 18.2 Å². The van der Waals surface area contributed by atoms with Gasteiger partial charge in [0.25, 0.3) is 0 Å². The van der Waals surface area contributed by atoms with Crippen LogP contribution in [-0.2, 0) is 10.3 Å². The molecule has 2 aliphatic heterocycles. The van der Waals surface area contributed by atoms with Crippen LogP contribution in [0.25, 0.3) is 10.8 Å². The second kappa shape index (κ2) is 6.66. The summed E-state index contributed by atoms with van der Waals surface area (Å²) in [6, 6.07) is 12.0. The van der Waals surface area contributed by atoms with Crippen molar-refractivity contribution in [1.29, 1.82) is 0 Å². The average Bonchev–Trinajstić information content (AvgIpc) is 2.91. The molecule has 4 rings (SSSR count). The van der Waals surface area contributed by atoms with Gasteiger partial charge in [0, 0.05) is 30.5 Å². The van der Waals surface area contributed by atoms with Crippen molar-refractivity contribution < 1.29 is 19.4 Å². The lowest BCUT2D eigenvalue weighted by atomic mass is 9.78. The van der Waals surface area contributed by atoms with E-state index in [0.29, 0.717) is 18.6 Å². The summed E-state index contributed by atoms with van der Waals surface area (Å²) in [5, 5.41) is 13.9. The Bertz CT molecular complexity index is 887. The van der Waals surface area contributed by atoms with Crippen LogP contribution in [0.15, 0.2) is 36.4 Å². The van der Waals surface area contributed by atoms with Crippen LogP contribution in [0.1, 0.15) is 52.0 Å². The minimum Gasteiger partial charge on any atom is -0.496 e. The van der Waals surface area contributed by atoms with Gasteiger partial charge in [-0.3, -0.25) is 0 Å². The zero-order valence-electron chi connectivity index (χ0n) is 17.1. The van der Waals surface area contributed by atoms with Crippen molar-refractivity contribution in [3.63, 3.8) is 0 Å². The van der Waals surface area contributed by atoms with Crippen LogP contribution in [0.5, 0.6) is 5.75 Å². The second-order valence-electron chi connectivity index (χ2n) is 9.08. The predicted molar refractivity (Wildman–Crippen MR) is 109 cm³/mol. The molecule has 0 radical (unpaired) electrons. The molecule has 0 aliphatic carbocycles. The van der Waals surface area contributed by atoms with Crippen molar-refractivity contribution in [2.45, 2.75) is 69.7 Å². The molecule has 2 aliphatic rings. The summed E-state index contributed by atoms with van der Waals surface area (Å²) in [5.41, 5.74) is -0.714. The standard InChI is InChI=1S/C23H29NO4/c1-22(2,3)28-21(25)24-16-10-11-17(24)14-23(26,13-16)20-18-8-6-5-7-15(18)9-12-19(20)27-4/h5-9,12,16-17,26H,10-11,13-14H2,1-4H3. The molecule has 5 heteroatoms. The third kappa shape index (κ3) is 3.22. The highest BCUT2D eigenvalue weighted by Gasteiger charge is 2.52. The molecule has 2 saturated heterocycles. The Morgan fingerprint density at radius 2 is 1.75 bits per heavy atom. The summed E-state index contributed by atoms with van der Waals surface area (Å²) in [6.45, 7) is 5.65. The monoisotopic (exact) mass is 383 g/mol. The molecule has 2 heterocycles. The molecule has 0 spiro atoms. The number of benzene rings is 2. The second-order valence-corrected chi connectivity index (χ2v) is 9.08. The van der Waals surface area contributed by atoms with Crippen molar-refractivity contribution in [1.82, 2.24) is 4.90 Å². The number of piperidine rings is 1. The minimum absolute atomic E-state index is 0.0257. The van der Waals surface area contributed by atoms with Gasteiger partial charge in [0.15, 0.2) is 0 Å². The van der Waals surface area contributed by atoms with Gasteiger partial charge >= 0.3 is 6.09 Å². The van der Waals surface area contributed by atoms with Crippen molar-refractivity contribution in [3.8, 4) is 5.75 Å². The summed E-state index contributed by atoms with van der Waals surface area (Å²) in [7, 11) is 1.64. The molecule has 28 heavy (non-hydrogen) atoms. The molecule has 2 bridgehead atoms. The molecule has 1 N–H and O–H groups in total. The van der Waals surface area contributed by atoms with Crippen molar-refractivity contribution in [2.24, 2.45) is 0 Å². The Morgan fingerprint density at radius 3 is 2.36 bits per heavy atom. The predicted octanol–water partition coefficient (Wildman–Crippen LogP) is 4.60. The van der Waals surface area contributed by atoms with Crippen LogP contribution >= 0.6 is 0 Å². The number of carbonyl (C=O) groups excluding carboxylic acids is 1. The quantitative estimate of drug-likeness (QED) is 0.823. The molecule has 5 nitrogen and oxygen atoms in total. The Hall–Kier alpha value is -2.27. The third-order valence-corrected chi connectivity index (χ3v) is 5.95. The van der Waals surface area contributed by atoms with Gasteiger partial charge in [0.05, 0.1) is 12.7 Å². The summed E-state index contributed by atoms with van der Waals surface area (Å²) in [6.07, 6.45) is 2.49. The summed E-state index contributed by atoms with van der Waals surface area (Å²) in [4.78, 5) is 14.6. The number of amides is 1. The lowest BCUT2D eigenvalue weighted by Crippen LogP contribution is -2.53. The lowest BCUT2D eigenvalue weighted by molar-refractivity contribution is -0.0624. The van der Waals surface area contributed by atoms with Gasteiger partial charge in [-0.25, -0.2) is 4.79 Å². The summed E-state index contributed by atoms with van der Waals surface area (Å²) < 4.78 is 11.3. The zero-order valence-corrected chi connectivity index (χ0v) is 17.1. The van der Waals surface area contributed by atoms with Crippen LogP contribution in [-0.4, -0.2) is 40.9 Å². The Balaban J connectivity index is 1.71. The van der Waals surface area contributed by atoms with Crippen LogP contribution in [0.2, 0.25) is 0 Å². The Labute approximate surface area is 166 Å². The fourth-order valence-electron chi connectivity index (χ4n) is 4.94. The van der Waals surface area contributed by atoms with Gasteiger partial charge in [-0.15, -0.1) is 0 Å². The molecule has 150 valence electrons. The summed E-state index contributed by atoms with van der Waals surface area (Å²) in [5.74, 6) is 0.700. The van der Waals surface area contributed by atoms with Gasteiger partial charge < -0.3 is 19.5 Å². The molecule has 2 aromatic rings. The Morgan fingerprint density at radius 1 is 1.11 bits per heavy atom. The number of aliphatic hydroxyl groups is 1. The minimum atomic E-state index is -1.03. The molecular weight excluding hydrogens is 354 g/mol. The number of ether oxygens (including phenoxy) is 2. The number of hydrogen-bond donors (Lipinski definition) is 1. The number of carbonyl (C=O) groups is 1. The number of nitrogens with zero attached hydrogens (tertiary/aromatic N) is 1. The normalized spacial score (nSPS) is 27.1.